The van der Waals surface area contributed by atoms with Crippen molar-refractivity contribution >= 4 is 11.4 Å². The molecule has 0 saturated carbocycles. The van der Waals surface area contributed by atoms with Gasteiger partial charge in [0.25, 0.3) is 5.69 Å². The molecule has 0 radical (unpaired) electrons. The van der Waals surface area contributed by atoms with Crippen molar-refractivity contribution in [2.45, 2.75) is 13.3 Å². The van der Waals surface area contributed by atoms with E-state index >= 15 is 0 Å². The molecule has 5 heteroatoms. The summed E-state index contributed by atoms with van der Waals surface area (Å²) in [5.74, 6) is 0.593. The molecule has 1 saturated heterocycles. The molecule has 0 aliphatic carbocycles. The highest BCUT2D eigenvalue weighted by molar-refractivity contribution is 5.64. The summed E-state index contributed by atoms with van der Waals surface area (Å²) in [5, 5.41) is 11.2. The summed E-state index contributed by atoms with van der Waals surface area (Å²) in [6.07, 6.45) is 1.10. The molecule has 5 nitrogen and oxygen atoms in total. The molecule has 0 spiro atoms. The van der Waals surface area contributed by atoms with Crippen LogP contribution < -0.4 is 4.90 Å². The first-order valence-electron chi connectivity index (χ1n) is 6.62. The van der Waals surface area contributed by atoms with Gasteiger partial charge >= 0.3 is 0 Å². The molecule has 2 rings (SSSR count). The number of aryl methyl sites for hydroxylation is 1. The van der Waals surface area contributed by atoms with E-state index in [4.69, 9.17) is 0 Å². The van der Waals surface area contributed by atoms with Gasteiger partial charge in [0.05, 0.1) is 4.92 Å². The minimum atomic E-state index is -0.276. The number of hydrogen-bond donors (Lipinski definition) is 0. The lowest BCUT2D eigenvalue weighted by atomic mass is 10.1. The molecular formula is C14H21N3O2. The van der Waals surface area contributed by atoms with Gasteiger partial charge in [0.2, 0.25) is 0 Å². The van der Waals surface area contributed by atoms with Gasteiger partial charge < -0.3 is 9.80 Å². The average molecular weight is 263 g/mol. The van der Waals surface area contributed by atoms with E-state index < -0.39 is 0 Å². The quantitative estimate of drug-likeness (QED) is 0.618. The largest absolute Gasteiger partial charge is 0.366 e. The fourth-order valence-corrected chi connectivity index (χ4v) is 2.76. The van der Waals surface area contributed by atoms with Crippen LogP contribution in [0, 0.1) is 23.0 Å². The van der Waals surface area contributed by atoms with Crippen LogP contribution >= 0.6 is 0 Å². The molecule has 1 aliphatic rings. The van der Waals surface area contributed by atoms with Crippen LogP contribution in [-0.2, 0) is 0 Å². The fraction of sp³-hybridized carbons (Fsp3) is 0.571. The van der Waals surface area contributed by atoms with E-state index in [1.165, 1.54) is 0 Å². The molecule has 1 atom stereocenters. The number of rotatable bonds is 4. The molecule has 1 aromatic carbocycles. The minimum Gasteiger partial charge on any atom is -0.366 e. The van der Waals surface area contributed by atoms with E-state index in [0.29, 0.717) is 5.92 Å². The predicted molar refractivity (Wildman–Crippen MR) is 76.7 cm³/mol. The molecule has 0 bridgehead atoms. The molecule has 0 amide bonds. The molecule has 104 valence electrons. The Balaban J connectivity index is 2.17. The number of nitro benzene ring substituents is 1. The third-order valence-corrected chi connectivity index (χ3v) is 3.58. The van der Waals surface area contributed by atoms with Crippen LogP contribution in [0.2, 0.25) is 0 Å². The fourth-order valence-electron chi connectivity index (χ4n) is 2.76. The van der Waals surface area contributed by atoms with Crippen molar-refractivity contribution in [1.29, 1.82) is 0 Å². The standard InChI is InChI=1S/C14H21N3O2/c1-11-4-5-13(14(8-11)17(18)19)16-7-6-12(10-16)9-15(2)3/h4-5,8,12H,6-7,9-10H2,1-3H3. The Morgan fingerprint density at radius 1 is 1.47 bits per heavy atom. The monoisotopic (exact) mass is 263 g/mol. The zero-order valence-corrected chi connectivity index (χ0v) is 11.8. The molecular weight excluding hydrogens is 242 g/mol. The van der Waals surface area contributed by atoms with E-state index in [2.05, 4.69) is 23.9 Å². The lowest BCUT2D eigenvalue weighted by molar-refractivity contribution is -0.384. The van der Waals surface area contributed by atoms with Crippen LogP contribution in [-0.4, -0.2) is 43.6 Å². The highest BCUT2D eigenvalue weighted by atomic mass is 16.6. The van der Waals surface area contributed by atoms with Crippen molar-refractivity contribution in [3.05, 3.63) is 33.9 Å². The summed E-state index contributed by atoms with van der Waals surface area (Å²) in [7, 11) is 4.13. The zero-order valence-electron chi connectivity index (χ0n) is 11.8. The van der Waals surface area contributed by atoms with Gasteiger partial charge in [0.1, 0.15) is 5.69 Å². The van der Waals surface area contributed by atoms with Crippen LogP contribution in [0.4, 0.5) is 11.4 Å². The Morgan fingerprint density at radius 3 is 2.84 bits per heavy atom. The summed E-state index contributed by atoms with van der Waals surface area (Å²) in [5.41, 5.74) is 1.92. The van der Waals surface area contributed by atoms with Crippen LogP contribution in [0.3, 0.4) is 0 Å². The Hall–Kier alpha value is -1.62. The van der Waals surface area contributed by atoms with Crippen molar-refractivity contribution in [2.75, 3.05) is 38.6 Å². The van der Waals surface area contributed by atoms with Gasteiger partial charge in [-0.2, -0.15) is 0 Å². The first-order chi connectivity index (χ1) is 8.97. The second-order valence-corrected chi connectivity index (χ2v) is 5.61. The van der Waals surface area contributed by atoms with E-state index in [9.17, 15) is 10.1 Å². The van der Waals surface area contributed by atoms with Crippen LogP contribution in [0.5, 0.6) is 0 Å². The van der Waals surface area contributed by atoms with Gasteiger partial charge in [-0.1, -0.05) is 6.07 Å². The highest BCUT2D eigenvalue weighted by Crippen LogP contribution is 2.32. The number of nitrogens with zero attached hydrogens (tertiary/aromatic N) is 3. The van der Waals surface area contributed by atoms with Crippen molar-refractivity contribution in [2.24, 2.45) is 5.92 Å². The van der Waals surface area contributed by atoms with E-state index in [0.717, 1.165) is 37.3 Å². The van der Waals surface area contributed by atoms with Gasteiger partial charge in [-0.25, -0.2) is 0 Å². The van der Waals surface area contributed by atoms with Gasteiger partial charge in [-0.05, 0) is 45.0 Å². The molecule has 19 heavy (non-hydrogen) atoms. The Bertz CT molecular complexity index is 474. The lowest BCUT2D eigenvalue weighted by Crippen LogP contribution is -2.26. The smallest absolute Gasteiger partial charge is 0.292 e. The normalized spacial score (nSPS) is 19.2. The highest BCUT2D eigenvalue weighted by Gasteiger charge is 2.27. The van der Waals surface area contributed by atoms with Crippen LogP contribution in [0.1, 0.15) is 12.0 Å². The maximum atomic E-state index is 11.2. The summed E-state index contributed by atoms with van der Waals surface area (Å²) in [4.78, 5) is 15.2. The maximum absolute atomic E-state index is 11.2. The molecule has 1 fully saturated rings. The number of hydrogen-bond acceptors (Lipinski definition) is 4. The predicted octanol–water partition coefficient (Wildman–Crippen LogP) is 2.29. The van der Waals surface area contributed by atoms with Crippen molar-refractivity contribution in [3.63, 3.8) is 0 Å². The van der Waals surface area contributed by atoms with Gasteiger partial charge in [0.15, 0.2) is 0 Å². The Kier molecular flexibility index (Phi) is 4.04. The van der Waals surface area contributed by atoms with E-state index in [-0.39, 0.29) is 10.6 Å². The number of nitro groups is 1. The summed E-state index contributed by atoms with van der Waals surface area (Å²) < 4.78 is 0. The molecule has 0 N–H and O–H groups in total. The van der Waals surface area contributed by atoms with Crippen molar-refractivity contribution < 1.29 is 4.92 Å². The summed E-state index contributed by atoms with van der Waals surface area (Å²) >= 11 is 0. The topological polar surface area (TPSA) is 49.6 Å². The minimum absolute atomic E-state index is 0.227. The lowest BCUT2D eigenvalue weighted by Gasteiger charge is -2.20. The third-order valence-electron chi connectivity index (χ3n) is 3.58. The molecule has 1 aromatic rings. The first kappa shape index (κ1) is 13.8. The maximum Gasteiger partial charge on any atom is 0.292 e. The first-order valence-corrected chi connectivity index (χ1v) is 6.62. The zero-order chi connectivity index (χ0) is 14.0. The summed E-state index contributed by atoms with van der Waals surface area (Å²) in [6, 6.07) is 5.49. The second-order valence-electron chi connectivity index (χ2n) is 5.61. The molecule has 1 aliphatic heterocycles. The molecule has 1 heterocycles. The molecule has 1 unspecified atom stereocenters. The van der Waals surface area contributed by atoms with Gasteiger partial charge in [-0.15, -0.1) is 0 Å². The third kappa shape index (κ3) is 3.23. The SMILES string of the molecule is Cc1ccc(N2CCC(CN(C)C)C2)c([N+](=O)[O-])c1. The van der Waals surface area contributed by atoms with Gasteiger partial charge in [-0.3, -0.25) is 10.1 Å². The van der Waals surface area contributed by atoms with Crippen molar-refractivity contribution in [1.82, 2.24) is 4.90 Å². The van der Waals surface area contributed by atoms with Crippen LogP contribution in [0.15, 0.2) is 18.2 Å². The second kappa shape index (κ2) is 5.57. The number of anilines is 1. The van der Waals surface area contributed by atoms with Gasteiger partial charge in [0, 0.05) is 25.7 Å². The molecule has 0 aromatic heterocycles. The average Bonchev–Trinajstić information content (AvgIpc) is 2.76. The van der Waals surface area contributed by atoms with E-state index in [1.54, 1.807) is 6.07 Å². The summed E-state index contributed by atoms with van der Waals surface area (Å²) in [6.45, 7) is 4.73. The Morgan fingerprint density at radius 2 is 2.21 bits per heavy atom. The number of benzene rings is 1. The van der Waals surface area contributed by atoms with Crippen LogP contribution in [0.25, 0.3) is 0 Å². The van der Waals surface area contributed by atoms with Crippen molar-refractivity contribution in [3.8, 4) is 0 Å². The van der Waals surface area contributed by atoms with E-state index in [1.807, 2.05) is 19.1 Å². The Labute approximate surface area is 114 Å².